The van der Waals surface area contributed by atoms with Crippen molar-refractivity contribution in [3.63, 3.8) is 0 Å². The molecule has 0 saturated carbocycles. The van der Waals surface area contributed by atoms with Gasteiger partial charge in [-0.3, -0.25) is 4.90 Å². The summed E-state index contributed by atoms with van der Waals surface area (Å²) < 4.78 is 5.32. The molecule has 0 aliphatic carbocycles. The van der Waals surface area contributed by atoms with Gasteiger partial charge in [-0.15, -0.1) is 0 Å². The highest BCUT2D eigenvalue weighted by molar-refractivity contribution is 5.25. The van der Waals surface area contributed by atoms with Crippen LogP contribution in [-0.4, -0.2) is 30.7 Å². The van der Waals surface area contributed by atoms with E-state index in [4.69, 9.17) is 10.00 Å². The van der Waals surface area contributed by atoms with Gasteiger partial charge < -0.3 is 4.74 Å². The number of hydrogen-bond acceptors (Lipinski definition) is 3. The van der Waals surface area contributed by atoms with Gasteiger partial charge in [0.2, 0.25) is 0 Å². The second kappa shape index (κ2) is 5.11. The summed E-state index contributed by atoms with van der Waals surface area (Å²) >= 11 is 0. The number of nitrogens with zero attached hydrogens (tertiary/aromatic N) is 2. The van der Waals surface area contributed by atoms with Gasteiger partial charge in [-0.1, -0.05) is 24.3 Å². The zero-order valence-electron chi connectivity index (χ0n) is 9.52. The van der Waals surface area contributed by atoms with Crippen molar-refractivity contribution >= 4 is 0 Å². The number of aryl methyl sites for hydroxylation is 1. The molecule has 1 heterocycles. The predicted octanol–water partition coefficient (Wildman–Crippen LogP) is 1.72. The number of benzene rings is 1. The maximum absolute atomic E-state index is 8.83. The molecule has 0 radical (unpaired) electrons. The van der Waals surface area contributed by atoms with Gasteiger partial charge in [0.25, 0.3) is 0 Å². The van der Waals surface area contributed by atoms with E-state index in [1.807, 2.05) is 0 Å². The highest BCUT2D eigenvalue weighted by atomic mass is 16.5. The highest BCUT2D eigenvalue weighted by Crippen LogP contribution is 2.13. The van der Waals surface area contributed by atoms with Crippen molar-refractivity contribution in [3.8, 4) is 6.07 Å². The van der Waals surface area contributed by atoms with Gasteiger partial charge in [-0.25, -0.2) is 0 Å². The minimum Gasteiger partial charge on any atom is -0.361 e. The monoisotopic (exact) mass is 216 g/mol. The molecule has 1 aromatic rings. The molecular weight excluding hydrogens is 200 g/mol. The molecule has 0 aromatic heterocycles. The minimum atomic E-state index is -0.266. The maximum Gasteiger partial charge on any atom is 0.156 e. The van der Waals surface area contributed by atoms with E-state index in [1.54, 1.807) is 0 Å². The molecule has 0 amide bonds. The summed E-state index contributed by atoms with van der Waals surface area (Å²) in [5, 5.41) is 8.83. The Morgan fingerprint density at radius 1 is 1.50 bits per heavy atom. The third-order valence-electron chi connectivity index (χ3n) is 2.95. The molecular formula is C13H16N2O. The van der Waals surface area contributed by atoms with E-state index in [0.717, 1.165) is 13.1 Å². The lowest BCUT2D eigenvalue weighted by Gasteiger charge is -2.30. The van der Waals surface area contributed by atoms with Gasteiger partial charge in [0.15, 0.2) is 6.10 Å². The molecule has 2 rings (SSSR count). The number of rotatable bonds is 2. The first-order chi connectivity index (χ1) is 7.79. The van der Waals surface area contributed by atoms with Crippen LogP contribution in [0.2, 0.25) is 0 Å². The van der Waals surface area contributed by atoms with Crippen LogP contribution in [0.3, 0.4) is 0 Å². The minimum absolute atomic E-state index is 0.266. The van der Waals surface area contributed by atoms with Crippen LogP contribution in [0.4, 0.5) is 0 Å². The Balaban J connectivity index is 2.00. The third-order valence-corrected chi connectivity index (χ3v) is 2.95. The van der Waals surface area contributed by atoms with Crippen molar-refractivity contribution in [2.75, 3.05) is 19.7 Å². The fourth-order valence-corrected chi connectivity index (χ4v) is 1.95. The Bertz CT molecular complexity index is 397. The molecule has 84 valence electrons. The number of ether oxygens (including phenoxy) is 1. The quantitative estimate of drug-likeness (QED) is 0.755. The zero-order chi connectivity index (χ0) is 11.4. The molecule has 0 spiro atoms. The van der Waals surface area contributed by atoms with Crippen LogP contribution in [0.5, 0.6) is 0 Å². The average molecular weight is 216 g/mol. The molecule has 1 aliphatic rings. The van der Waals surface area contributed by atoms with Gasteiger partial charge in [0.05, 0.1) is 12.7 Å². The molecule has 0 N–H and O–H groups in total. The summed E-state index contributed by atoms with van der Waals surface area (Å²) in [5.74, 6) is 0. The van der Waals surface area contributed by atoms with Gasteiger partial charge in [-0.2, -0.15) is 5.26 Å². The van der Waals surface area contributed by atoms with E-state index < -0.39 is 0 Å². The molecule has 1 unspecified atom stereocenters. The van der Waals surface area contributed by atoms with E-state index in [9.17, 15) is 0 Å². The summed E-state index contributed by atoms with van der Waals surface area (Å²) in [6.07, 6.45) is -0.266. The summed E-state index contributed by atoms with van der Waals surface area (Å²) in [7, 11) is 0. The predicted molar refractivity (Wildman–Crippen MR) is 61.8 cm³/mol. The molecule has 1 aliphatic heterocycles. The van der Waals surface area contributed by atoms with E-state index in [-0.39, 0.29) is 6.10 Å². The van der Waals surface area contributed by atoms with Gasteiger partial charge in [-0.05, 0) is 18.1 Å². The fraction of sp³-hybridized carbons (Fsp3) is 0.462. The summed E-state index contributed by atoms with van der Waals surface area (Å²) in [6.45, 7) is 5.31. The second-order valence-electron chi connectivity index (χ2n) is 4.15. The van der Waals surface area contributed by atoms with Crippen molar-refractivity contribution in [2.24, 2.45) is 0 Å². The summed E-state index contributed by atoms with van der Waals surface area (Å²) in [5.41, 5.74) is 2.64. The highest BCUT2D eigenvalue weighted by Gasteiger charge is 2.19. The lowest BCUT2D eigenvalue weighted by Crippen LogP contribution is -2.41. The summed E-state index contributed by atoms with van der Waals surface area (Å²) in [4.78, 5) is 2.28. The fourth-order valence-electron chi connectivity index (χ4n) is 1.95. The Morgan fingerprint density at radius 2 is 2.31 bits per heavy atom. The van der Waals surface area contributed by atoms with Crippen LogP contribution in [0, 0.1) is 18.3 Å². The Labute approximate surface area is 96.2 Å². The van der Waals surface area contributed by atoms with Gasteiger partial charge in [0.1, 0.15) is 0 Å². The van der Waals surface area contributed by atoms with Crippen molar-refractivity contribution in [1.29, 1.82) is 5.26 Å². The molecule has 1 saturated heterocycles. The van der Waals surface area contributed by atoms with E-state index >= 15 is 0 Å². The topological polar surface area (TPSA) is 36.3 Å². The molecule has 1 aromatic carbocycles. The van der Waals surface area contributed by atoms with Gasteiger partial charge in [0, 0.05) is 19.6 Å². The van der Waals surface area contributed by atoms with Crippen LogP contribution < -0.4 is 0 Å². The lowest BCUT2D eigenvalue weighted by atomic mass is 10.1. The van der Waals surface area contributed by atoms with Crippen LogP contribution in [0.15, 0.2) is 24.3 Å². The van der Waals surface area contributed by atoms with Crippen LogP contribution in [0.25, 0.3) is 0 Å². The van der Waals surface area contributed by atoms with Crippen LogP contribution >= 0.6 is 0 Å². The molecule has 3 heteroatoms. The molecule has 16 heavy (non-hydrogen) atoms. The molecule has 0 bridgehead atoms. The Morgan fingerprint density at radius 3 is 3.06 bits per heavy atom. The van der Waals surface area contributed by atoms with Crippen molar-refractivity contribution < 1.29 is 4.74 Å². The number of morpholine rings is 1. The van der Waals surface area contributed by atoms with E-state index in [2.05, 4.69) is 42.2 Å². The normalized spacial score (nSPS) is 21.6. The molecule has 1 fully saturated rings. The Kier molecular flexibility index (Phi) is 3.55. The SMILES string of the molecule is Cc1ccccc1CN1CCOC(C#N)C1. The van der Waals surface area contributed by atoms with Crippen molar-refractivity contribution in [3.05, 3.63) is 35.4 Å². The maximum atomic E-state index is 8.83. The third kappa shape index (κ3) is 2.60. The first-order valence-electron chi connectivity index (χ1n) is 5.57. The van der Waals surface area contributed by atoms with Crippen LogP contribution in [-0.2, 0) is 11.3 Å². The largest absolute Gasteiger partial charge is 0.361 e. The van der Waals surface area contributed by atoms with Gasteiger partial charge >= 0.3 is 0 Å². The van der Waals surface area contributed by atoms with Crippen molar-refractivity contribution in [2.45, 2.75) is 19.6 Å². The van der Waals surface area contributed by atoms with E-state index in [0.29, 0.717) is 13.2 Å². The smallest absolute Gasteiger partial charge is 0.156 e. The van der Waals surface area contributed by atoms with E-state index in [1.165, 1.54) is 11.1 Å². The molecule has 3 nitrogen and oxygen atoms in total. The first-order valence-corrected chi connectivity index (χ1v) is 5.57. The summed E-state index contributed by atoms with van der Waals surface area (Å²) in [6, 6.07) is 10.5. The number of hydrogen-bond donors (Lipinski definition) is 0. The Hall–Kier alpha value is -1.37. The van der Waals surface area contributed by atoms with Crippen molar-refractivity contribution in [1.82, 2.24) is 4.90 Å². The first kappa shape index (κ1) is 11.1. The standard InChI is InChI=1S/C13H16N2O/c1-11-4-2-3-5-12(11)9-15-6-7-16-13(8-14)10-15/h2-5,13H,6-7,9-10H2,1H3. The number of nitriles is 1. The van der Waals surface area contributed by atoms with Crippen LogP contribution in [0.1, 0.15) is 11.1 Å². The zero-order valence-corrected chi connectivity index (χ0v) is 9.52. The average Bonchev–Trinajstić information content (AvgIpc) is 2.32. The lowest BCUT2D eigenvalue weighted by molar-refractivity contribution is -0.00275. The second-order valence-corrected chi connectivity index (χ2v) is 4.15. The molecule has 1 atom stereocenters.